The molecular formula is C6H8N2. The molecule has 0 aromatic carbocycles. The lowest BCUT2D eigenvalue weighted by atomic mass is 10.4. The Morgan fingerprint density at radius 3 is 2.50 bits per heavy atom. The van der Waals surface area contributed by atoms with Gasteiger partial charge in [-0.2, -0.15) is 0 Å². The molecule has 8 heavy (non-hydrogen) atoms. The smallest absolute Gasteiger partial charge is 0.158 e. The molecule has 1 rings (SSSR count). The quantitative estimate of drug-likeness (QED) is 0.448. The molecule has 0 unspecified atom stereocenters. The predicted molar refractivity (Wildman–Crippen MR) is 35.6 cm³/mol. The lowest BCUT2D eigenvalue weighted by Gasteiger charge is -1.89. The topological polar surface area (TPSA) is 24.7 Å². The van der Waals surface area contributed by atoms with E-state index in [1.54, 1.807) is 12.4 Å². The molecule has 1 heterocycles. The van der Waals surface area contributed by atoms with Crippen molar-refractivity contribution in [2.75, 3.05) is 0 Å². The fraction of sp³-hybridized carbons (Fsp3) is 0.333. The second kappa shape index (κ2) is 2.40. The summed E-state index contributed by atoms with van der Waals surface area (Å²) in [5.74, 6) is 0. The van der Waals surface area contributed by atoms with Crippen molar-refractivity contribution in [2.45, 2.75) is 13.1 Å². The average Bonchev–Trinajstić information content (AvgIpc) is 2.19. The number of hydrogen-bond acceptors (Lipinski definition) is 2. The Morgan fingerprint density at radius 2 is 2.00 bits per heavy atom. The Labute approximate surface area is 48.7 Å². The third kappa shape index (κ3) is 1.03. The average molecular weight is 108 g/mol. The van der Waals surface area contributed by atoms with E-state index < -0.39 is 0 Å². The van der Waals surface area contributed by atoms with Gasteiger partial charge in [0, 0.05) is 12.4 Å². The summed E-state index contributed by atoms with van der Waals surface area (Å²) in [7, 11) is 0. The Morgan fingerprint density at radius 1 is 1.38 bits per heavy atom. The van der Waals surface area contributed by atoms with Gasteiger partial charge >= 0.3 is 0 Å². The fourth-order valence-electron chi connectivity index (χ4n) is 0.563. The summed E-state index contributed by atoms with van der Waals surface area (Å²) >= 11 is 0. The highest BCUT2D eigenvalue weighted by Gasteiger charge is 1.96. The van der Waals surface area contributed by atoms with Gasteiger partial charge in [-0.05, 0) is 13.0 Å². The molecule has 0 amide bonds. The van der Waals surface area contributed by atoms with Crippen molar-refractivity contribution < 1.29 is 0 Å². The molecular weight excluding hydrogens is 100 g/mol. The zero-order valence-electron chi connectivity index (χ0n) is 4.78. The zero-order valence-corrected chi connectivity index (χ0v) is 4.78. The Bertz CT molecular complexity index is 133. The number of hydrogen-bond donors (Lipinski definition) is 0. The fourth-order valence-corrected chi connectivity index (χ4v) is 0.563. The Hall–Kier alpha value is -0.920. The van der Waals surface area contributed by atoms with Crippen LogP contribution >= 0.6 is 0 Å². The van der Waals surface area contributed by atoms with Crippen molar-refractivity contribution in [3.05, 3.63) is 12.2 Å². The van der Waals surface area contributed by atoms with Gasteiger partial charge in [-0.15, -0.1) is 0 Å². The SMILES string of the molecule is CC=CC1N=CC=N1. The van der Waals surface area contributed by atoms with Gasteiger partial charge in [0.1, 0.15) is 0 Å². The van der Waals surface area contributed by atoms with Crippen molar-refractivity contribution in [1.82, 2.24) is 0 Å². The minimum absolute atomic E-state index is 0.0694. The molecule has 0 atom stereocenters. The summed E-state index contributed by atoms with van der Waals surface area (Å²) in [5.41, 5.74) is 0. The summed E-state index contributed by atoms with van der Waals surface area (Å²) in [5, 5.41) is 0. The molecule has 0 N–H and O–H groups in total. The van der Waals surface area contributed by atoms with Gasteiger partial charge in [0.25, 0.3) is 0 Å². The lowest BCUT2D eigenvalue weighted by Crippen LogP contribution is -1.87. The maximum Gasteiger partial charge on any atom is 0.158 e. The van der Waals surface area contributed by atoms with Gasteiger partial charge in [-0.3, -0.25) is 9.98 Å². The number of nitrogens with zero attached hydrogens (tertiary/aromatic N) is 2. The molecule has 0 aromatic heterocycles. The van der Waals surface area contributed by atoms with E-state index >= 15 is 0 Å². The summed E-state index contributed by atoms with van der Waals surface area (Å²) in [6.07, 6.45) is 7.39. The van der Waals surface area contributed by atoms with Crippen LogP contribution in [-0.4, -0.2) is 18.6 Å². The van der Waals surface area contributed by atoms with Crippen LogP contribution < -0.4 is 0 Å². The highest BCUT2D eigenvalue weighted by molar-refractivity contribution is 6.17. The molecule has 0 radical (unpaired) electrons. The van der Waals surface area contributed by atoms with Crippen LogP contribution in [0.5, 0.6) is 0 Å². The van der Waals surface area contributed by atoms with E-state index in [9.17, 15) is 0 Å². The first-order valence-corrected chi connectivity index (χ1v) is 2.61. The summed E-state index contributed by atoms with van der Waals surface area (Å²) in [4.78, 5) is 7.98. The Balaban J connectivity index is 2.49. The lowest BCUT2D eigenvalue weighted by molar-refractivity contribution is 0.905. The second-order valence-electron chi connectivity index (χ2n) is 1.54. The minimum atomic E-state index is 0.0694. The van der Waals surface area contributed by atoms with Crippen molar-refractivity contribution >= 4 is 12.4 Å². The molecule has 0 bridgehead atoms. The Kier molecular flexibility index (Phi) is 1.57. The van der Waals surface area contributed by atoms with Crippen LogP contribution in [0.2, 0.25) is 0 Å². The third-order valence-electron chi connectivity index (χ3n) is 0.909. The highest BCUT2D eigenvalue weighted by Crippen LogP contribution is 1.96. The molecule has 0 saturated carbocycles. The summed E-state index contributed by atoms with van der Waals surface area (Å²) in [6, 6.07) is 0. The molecule has 0 fully saturated rings. The van der Waals surface area contributed by atoms with E-state index in [1.165, 1.54) is 0 Å². The standard InChI is InChI=1S/C6H8N2/c1-2-3-6-7-4-5-8-6/h2-6H,1H3. The summed E-state index contributed by atoms with van der Waals surface area (Å²) in [6.45, 7) is 1.96. The minimum Gasteiger partial charge on any atom is -0.261 e. The van der Waals surface area contributed by atoms with E-state index in [1.807, 2.05) is 19.1 Å². The van der Waals surface area contributed by atoms with Crippen molar-refractivity contribution in [3.63, 3.8) is 0 Å². The van der Waals surface area contributed by atoms with Crippen molar-refractivity contribution in [1.29, 1.82) is 0 Å². The van der Waals surface area contributed by atoms with Gasteiger partial charge in [0.2, 0.25) is 0 Å². The molecule has 2 heteroatoms. The van der Waals surface area contributed by atoms with Gasteiger partial charge < -0.3 is 0 Å². The maximum absolute atomic E-state index is 3.99. The van der Waals surface area contributed by atoms with E-state index in [-0.39, 0.29) is 6.17 Å². The molecule has 0 spiro atoms. The number of rotatable bonds is 1. The van der Waals surface area contributed by atoms with Crippen LogP contribution in [0.25, 0.3) is 0 Å². The normalized spacial score (nSPS) is 19.1. The van der Waals surface area contributed by atoms with E-state index in [0.29, 0.717) is 0 Å². The highest BCUT2D eigenvalue weighted by atomic mass is 15.0. The van der Waals surface area contributed by atoms with E-state index in [2.05, 4.69) is 9.98 Å². The van der Waals surface area contributed by atoms with Gasteiger partial charge in [-0.1, -0.05) is 6.08 Å². The van der Waals surface area contributed by atoms with Crippen LogP contribution in [0.3, 0.4) is 0 Å². The molecule has 1 aliphatic heterocycles. The third-order valence-corrected chi connectivity index (χ3v) is 0.909. The molecule has 42 valence electrons. The predicted octanol–water partition coefficient (Wildman–Crippen LogP) is 1.04. The van der Waals surface area contributed by atoms with Crippen LogP contribution in [0.15, 0.2) is 22.1 Å². The van der Waals surface area contributed by atoms with E-state index in [0.717, 1.165) is 0 Å². The van der Waals surface area contributed by atoms with Crippen molar-refractivity contribution in [2.24, 2.45) is 9.98 Å². The molecule has 2 nitrogen and oxygen atoms in total. The largest absolute Gasteiger partial charge is 0.261 e. The van der Waals surface area contributed by atoms with Gasteiger partial charge in [0.05, 0.1) is 0 Å². The number of aliphatic imine (C=N–C) groups is 2. The van der Waals surface area contributed by atoms with Crippen LogP contribution in [0.4, 0.5) is 0 Å². The van der Waals surface area contributed by atoms with E-state index in [4.69, 9.17) is 0 Å². The molecule has 0 saturated heterocycles. The van der Waals surface area contributed by atoms with Gasteiger partial charge in [-0.25, -0.2) is 0 Å². The summed E-state index contributed by atoms with van der Waals surface area (Å²) < 4.78 is 0. The first kappa shape index (κ1) is 5.22. The first-order chi connectivity index (χ1) is 3.93. The van der Waals surface area contributed by atoms with Crippen LogP contribution in [0, 0.1) is 0 Å². The van der Waals surface area contributed by atoms with Crippen LogP contribution in [0.1, 0.15) is 6.92 Å². The maximum atomic E-state index is 3.99. The number of allylic oxidation sites excluding steroid dienone is 1. The molecule has 0 aliphatic carbocycles. The first-order valence-electron chi connectivity index (χ1n) is 2.61. The monoisotopic (exact) mass is 108 g/mol. The second-order valence-corrected chi connectivity index (χ2v) is 1.54. The van der Waals surface area contributed by atoms with Crippen molar-refractivity contribution in [3.8, 4) is 0 Å². The van der Waals surface area contributed by atoms with Crippen LogP contribution in [-0.2, 0) is 0 Å². The zero-order chi connectivity index (χ0) is 5.82. The van der Waals surface area contributed by atoms with Gasteiger partial charge in [0.15, 0.2) is 6.17 Å². The molecule has 1 aliphatic rings. The molecule has 0 aromatic rings.